The highest BCUT2D eigenvalue weighted by atomic mass is 16.3. The lowest BCUT2D eigenvalue weighted by Crippen LogP contribution is -2.57. The molecule has 0 bridgehead atoms. The Hall–Kier alpha value is -0.120. The first-order valence-corrected chi connectivity index (χ1v) is 11.8. The molecule has 5 fully saturated rings. The van der Waals surface area contributed by atoms with Gasteiger partial charge in [-0.3, -0.25) is 0 Å². The molecule has 2 spiro atoms. The van der Waals surface area contributed by atoms with Gasteiger partial charge in [-0.25, -0.2) is 0 Å². The van der Waals surface area contributed by atoms with Crippen molar-refractivity contribution in [1.29, 1.82) is 0 Å². The number of nitrogens with two attached hydrogens (primary N) is 1. The highest BCUT2D eigenvalue weighted by Gasteiger charge is 2.81. The predicted molar refractivity (Wildman–Crippen MR) is 110 cm³/mol. The topological polar surface area (TPSA) is 58.3 Å². The third-order valence-corrected chi connectivity index (χ3v) is 11.8. The Balaban J connectivity index is 1.52. The lowest BCUT2D eigenvalue weighted by molar-refractivity contribution is -0.131. The van der Waals surface area contributed by atoms with E-state index in [0.29, 0.717) is 34.7 Å². The first kappa shape index (κ1) is 18.9. The molecule has 0 saturated heterocycles. The van der Waals surface area contributed by atoms with Gasteiger partial charge in [-0.2, -0.15) is 0 Å². The van der Waals surface area contributed by atoms with Crippen LogP contribution in [0.3, 0.4) is 0 Å². The second-order valence-electron chi connectivity index (χ2n) is 12.0. The van der Waals surface area contributed by atoms with Crippen molar-refractivity contribution in [1.82, 2.24) is 5.32 Å². The summed E-state index contributed by atoms with van der Waals surface area (Å²) in [5, 5.41) is 14.7. The molecule has 0 unspecified atom stereocenters. The Morgan fingerprint density at radius 3 is 2.48 bits per heavy atom. The second kappa shape index (κ2) is 5.52. The van der Waals surface area contributed by atoms with E-state index in [1.54, 1.807) is 0 Å². The van der Waals surface area contributed by atoms with Crippen molar-refractivity contribution in [2.24, 2.45) is 51.1 Å². The average Bonchev–Trinajstić information content (AvgIpc) is 3.24. The van der Waals surface area contributed by atoms with Crippen LogP contribution in [0.4, 0.5) is 0 Å². The first-order chi connectivity index (χ1) is 12.7. The van der Waals surface area contributed by atoms with Crippen LogP contribution in [-0.2, 0) is 0 Å². The number of aliphatic hydroxyl groups excluding tert-OH is 1. The highest BCUT2D eigenvalue weighted by molar-refractivity contribution is 5.30. The predicted octanol–water partition coefficient (Wildman–Crippen LogP) is 3.94. The number of fused-ring (bicyclic) bond motifs is 2. The van der Waals surface area contributed by atoms with Gasteiger partial charge in [0, 0.05) is 18.0 Å². The van der Waals surface area contributed by atoms with E-state index in [9.17, 15) is 5.11 Å². The second-order valence-corrected chi connectivity index (χ2v) is 12.0. The molecular weight excluding hydrogens is 332 g/mol. The van der Waals surface area contributed by atoms with Gasteiger partial charge in [0.25, 0.3) is 0 Å². The number of aliphatic hydroxyl groups is 1. The summed E-state index contributed by atoms with van der Waals surface area (Å²) in [7, 11) is 2.06. The number of nitrogens with one attached hydrogen (secondary N) is 1. The van der Waals surface area contributed by atoms with Crippen LogP contribution in [0, 0.1) is 45.3 Å². The summed E-state index contributed by atoms with van der Waals surface area (Å²) in [6.45, 7) is 9.85. The maximum atomic E-state index is 11.2. The van der Waals surface area contributed by atoms with E-state index in [1.807, 2.05) is 0 Å². The molecule has 5 rings (SSSR count). The van der Waals surface area contributed by atoms with Gasteiger partial charge in [0.1, 0.15) is 0 Å². The third-order valence-electron chi connectivity index (χ3n) is 11.8. The number of rotatable bonds is 2. The Morgan fingerprint density at radius 1 is 1.04 bits per heavy atom. The molecule has 154 valence electrons. The van der Waals surface area contributed by atoms with Crippen LogP contribution in [0.15, 0.2) is 0 Å². The largest absolute Gasteiger partial charge is 0.393 e. The maximum absolute atomic E-state index is 11.2. The summed E-state index contributed by atoms with van der Waals surface area (Å²) >= 11 is 0. The van der Waals surface area contributed by atoms with E-state index in [2.05, 4.69) is 40.1 Å². The van der Waals surface area contributed by atoms with Gasteiger partial charge >= 0.3 is 0 Å². The van der Waals surface area contributed by atoms with Gasteiger partial charge < -0.3 is 16.2 Å². The Kier molecular flexibility index (Phi) is 3.86. The van der Waals surface area contributed by atoms with E-state index in [0.717, 1.165) is 18.3 Å². The van der Waals surface area contributed by atoms with E-state index >= 15 is 0 Å². The van der Waals surface area contributed by atoms with Crippen molar-refractivity contribution < 1.29 is 5.11 Å². The molecule has 3 nitrogen and oxygen atoms in total. The van der Waals surface area contributed by atoms with Crippen LogP contribution in [-0.4, -0.2) is 30.3 Å². The Labute approximate surface area is 166 Å². The summed E-state index contributed by atoms with van der Waals surface area (Å²) < 4.78 is 0. The van der Waals surface area contributed by atoms with Gasteiger partial charge in [-0.1, -0.05) is 20.8 Å². The van der Waals surface area contributed by atoms with E-state index in [-0.39, 0.29) is 16.9 Å². The Morgan fingerprint density at radius 2 is 1.78 bits per heavy atom. The first-order valence-electron chi connectivity index (χ1n) is 11.8. The van der Waals surface area contributed by atoms with E-state index < -0.39 is 0 Å². The minimum Gasteiger partial charge on any atom is -0.393 e. The van der Waals surface area contributed by atoms with Crippen molar-refractivity contribution in [3.8, 4) is 0 Å². The smallest absolute Gasteiger partial charge is 0.0594 e. The molecule has 5 saturated carbocycles. The molecule has 5 aliphatic rings. The summed E-state index contributed by atoms with van der Waals surface area (Å²) in [4.78, 5) is 0. The van der Waals surface area contributed by atoms with Gasteiger partial charge in [-0.05, 0) is 105 Å². The molecule has 11 atom stereocenters. The zero-order valence-corrected chi connectivity index (χ0v) is 18.2. The van der Waals surface area contributed by atoms with E-state index in [4.69, 9.17) is 5.73 Å². The normalized spacial score (nSPS) is 62.8. The molecule has 5 aliphatic carbocycles. The molecule has 0 amide bonds. The summed E-state index contributed by atoms with van der Waals surface area (Å²) in [5.74, 6) is 2.76. The molecule has 0 aromatic rings. The van der Waals surface area contributed by atoms with Crippen molar-refractivity contribution in [2.45, 2.75) is 97.2 Å². The zero-order chi connectivity index (χ0) is 19.4. The van der Waals surface area contributed by atoms with Crippen molar-refractivity contribution >= 4 is 0 Å². The fraction of sp³-hybridized carbons (Fsp3) is 1.00. The molecule has 0 aliphatic heterocycles. The molecular formula is C24H42N2O. The minimum atomic E-state index is -0.149. The molecule has 3 heteroatoms. The van der Waals surface area contributed by atoms with Crippen LogP contribution in [0.25, 0.3) is 0 Å². The van der Waals surface area contributed by atoms with Crippen LogP contribution < -0.4 is 11.1 Å². The fourth-order valence-corrected chi connectivity index (χ4v) is 10.2. The van der Waals surface area contributed by atoms with Crippen LogP contribution in [0.1, 0.15) is 79.1 Å². The van der Waals surface area contributed by atoms with Gasteiger partial charge in [-0.15, -0.1) is 0 Å². The lowest BCUT2D eigenvalue weighted by Gasteiger charge is -2.62. The zero-order valence-electron chi connectivity index (χ0n) is 18.2. The number of hydrogen-bond donors (Lipinski definition) is 3. The van der Waals surface area contributed by atoms with Crippen LogP contribution in [0.2, 0.25) is 0 Å². The SMILES string of the molecule is CN[C@H](C)[C@H]1[C@H](O)C[C@@]2(C)[C@H]3CC[C@@H]4[C@@H](C)[C@@H](N)CC[C@@]45C[C@@]35CC[C@]12C. The minimum absolute atomic E-state index is 0.149. The third kappa shape index (κ3) is 1.96. The van der Waals surface area contributed by atoms with Crippen molar-refractivity contribution in [3.63, 3.8) is 0 Å². The molecule has 27 heavy (non-hydrogen) atoms. The quantitative estimate of drug-likeness (QED) is 0.686. The molecule has 0 radical (unpaired) electrons. The van der Waals surface area contributed by atoms with Crippen molar-refractivity contribution in [3.05, 3.63) is 0 Å². The molecule has 0 heterocycles. The molecule has 0 aromatic heterocycles. The van der Waals surface area contributed by atoms with E-state index in [1.165, 1.54) is 44.9 Å². The summed E-state index contributed by atoms with van der Waals surface area (Å²) in [6, 6.07) is 0.812. The number of hydrogen-bond acceptors (Lipinski definition) is 3. The van der Waals surface area contributed by atoms with Gasteiger partial charge in [0.05, 0.1) is 6.10 Å². The lowest BCUT2D eigenvalue weighted by atomic mass is 9.43. The maximum Gasteiger partial charge on any atom is 0.0594 e. The van der Waals surface area contributed by atoms with Crippen LogP contribution >= 0.6 is 0 Å². The van der Waals surface area contributed by atoms with Crippen molar-refractivity contribution in [2.75, 3.05) is 7.05 Å². The average molecular weight is 375 g/mol. The van der Waals surface area contributed by atoms with Gasteiger partial charge in [0.2, 0.25) is 0 Å². The monoisotopic (exact) mass is 374 g/mol. The highest BCUT2D eigenvalue weighted by Crippen LogP contribution is 2.87. The summed E-state index contributed by atoms with van der Waals surface area (Å²) in [5.41, 5.74) is 8.24. The Bertz CT molecular complexity index is 638. The summed E-state index contributed by atoms with van der Waals surface area (Å²) in [6.07, 6.45) is 10.4. The standard InChI is InChI=1S/C24H42N2O/c1-14-16-6-7-19-22(4)12-18(27)20(15(2)26-5)21(22,3)10-11-24(19)13-23(16,24)9-8-17(14)25/h14-20,26-27H,6-13,25H2,1-5H3/t14-,15-,16-,17+,18-,19-,20+,21-,22+,23-,24+/m1/s1. The molecule has 0 aromatic carbocycles. The van der Waals surface area contributed by atoms with Crippen LogP contribution in [0.5, 0.6) is 0 Å². The fourth-order valence-electron chi connectivity index (χ4n) is 10.2. The molecule has 4 N–H and O–H groups in total. The van der Waals surface area contributed by atoms with Gasteiger partial charge in [0.15, 0.2) is 0 Å².